The first-order valence-electron chi connectivity index (χ1n) is 15.9. The van der Waals surface area contributed by atoms with Crippen molar-refractivity contribution in [2.75, 3.05) is 24.1 Å². The Morgan fingerprint density at radius 2 is 1.56 bits per heavy atom. The number of hydrogen-bond acceptors (Lipinski definition) is 6. The molecule has 0 bridgehead atoms. The van der Waals surface area contributed by atoms with Crippen molar-refractivity contribution >= 4 is 27.5 Å². The third-order valence-electron chi connectivity index (χ3n) is 8.20. The number of fused-ring (bicyclic) bond motifs is 1. The molecule has 9 nitrogen and oxygen atoms in total. The molecule has 2 amide bonds. The van der Waals surface area contributed by atoms with Crippen LogP contribution in [-0.2, 0) is 32.6 Å². The zero-order valence-corrected chi connectivity index (χ0v) is 28.1. The number of nitrogens with one attached hydrogen (secondary N) is 1. The van der Waals surface area contributed by atoms with E-state index in [0.717, 1.165) is 33.1 Å². The SMILES string of the molecule is CCC(C)NC(=O)C(Cc1ccccc1)N(Cc1cccc(C)c1)C(=O)CN(c1ccc(F)cc1)S(=O)(=O)c1ccc2c(c1)OCCO2. The summed E-state index contributed by atoms with van der Waals surface area (Å²) >= 11 is 0. The number of hydrogen-bond donors (Lipinski definition) is 1. The predicted octanol–water partition coefficient (Wildman–Crippen LogP) is 5.66. The number of halogens is 1. The van der Waals surface area contributed by atoms with Gasteiger partial charge >= 0.3 is 0 Å². The molecule has 0 aromatic heterocycles. The highest BCUT2D eigenvalue weighted by atomic mass is 32.2. The van der Waals surface area contributed by atoms with E-state index in [9.17, 15) is 22.4 Å². The van der Waals surface area contributed by atoms with E-state index in [0.29, 0.717) is 18.8 Å². The van der Waals surface area contributed by atoms with Gasteiger partial charge in [-0.3, -0.25) is 13.9 Å². The average Bonchev–Trinajstić information content (AvgIpc) is 3.09. The normalized spacial score (nSPS) is 13.7. The Morgan fingerprint density at radius 1 is 0.875 bits per heavy atom. The van der Waals surface area contributed by atoms with Crippen LogP contribution in [0.25, 0.3) is 0 Å². The summed E-state index contributed by atoms with van der Waals surface area (Å²) in [6, 6.07) is 25.0. The lowest BCUT2D eigenvalue weighted by Gasteiger charge is -2.34. The fourth-order valence-corrected chi connectivity index (χ4v) is 6.88. The molecule has 0 saturated carbocycles. The Bertz CT molecular complexity index is 1840. The molecule has 11 heteroatoms. The van der Waals surface area contributed by atoms with E-state index in [1.807, 2.05) is 75.4 Å². The molecule has 4 aromatic carbocycles. The standard InChI is InChI=1S/C37H40FN3O6S/c1-4-27(3)39-37(43)33(22-28-10-6-5-7-11-28)40(24-29-12-8-9-26(2)21-29)36(42)25-41(31-15-13-30(38)14-16-31)48(44,45)32-17-18-34-35(23-32)47-20-19-46-34/h5-18,21,23,27,33H,4,19-20,22,24-25H2,1-3H3,(H,39,43). The maximum Gasteiger partial charge on any atom is 0.264 e. The quantitative estimate of drug-likeness (QED) is 0.197. The molecule has 1 N–H and O–H groups in total. The van der Waals surface area contributed by atoms with Crippen LogP contribution in [-0.4, -0.2) is 57.0 Å². The lowest BCUT2D eigenvalue weighted by molar-refractivity contribution is -0.140. The number of nitrogens with zero attached hydrogens (tertiary/aromatic N) is 2. The number of sulfonamides is 1. The summed E-state index contributed by atoms with van der Waals surface area (Å²) in [6.07, 6.45) is 0.883. The predicted molar refractivity (Wildman–Crippen MR) is 182 cm³/mol. The molecular formula is C37H40FN3O6S. The Balaban J connectivity index is 1.58. The van der Waals surface area contributed by atoms with Crippen LogP contribution in [0.1, 0.15) is 37.0 Å². The van der Waals surface area contributed by atoms with Crippen LogP contribution in [0.5, 0.6) is 11.5 Å². The molecule has 1 heterocycles. The molecule has 0 radical (unpaired) electrons. The van der Waals surface area contributed by atoms with Gasteiger partial charge in [0, 0.05) is 25.1 Å². The lowest BCUT2D eigenvalue weighted by Crippen LogP contribution is -2.54. The molecule has 1 aliphatic heterocycles. The second kappa shape index (κ2) is 15.3. The molecule has 1 aliphatic rings. The number of carbonyl (C=O) groups excluding carboxylic acids is 2. The summed E-state index contributed by atoms with van der Waals surface area (Å²) in [4.78, 5) is 29.9. The summed E-state index contributed by atoms with van der Waals surface area (Å²) in [7, 11) is -4.41. The molecule has 48 heavy (non-hydrogen) atoms. The third-order valence-corrected chi connectivity index (χ3v) is 9.97. The smallest absolute Gasteiger partial charge is 0.264 e. The van der Waals surface area contributed by atoms with Crippen molar-refractivity contribution in [3.05, 3.63) is 120 Å². The molecule has 0 spiro atoms. The van der Waals surface area contributed by atoms with Gasteiger partial charge in [-0.1, -0.05) is 67.1 Å². The minimum absolute atomic E-state index is 0.0489. The number of benzene rings is 4. The Labute approximate surface area is 281 Å². The number of anilines is 1. The number of ether oxygens (including phenoxy) is 2. The van der Waals surface area contributed by atoms with Crippen molar-refractivity contribution in [2.24, 2.45) is 0 Å². The highest BCUT2D eigenvalue weighted by molar-refractivity contribution is 7.92. The molecule has 0 aliphatic carbocycles. The van der Waals surface area contributed by atoms with E-state index in [-0.39, 0.29) is 47.9 Å². The zero-order chi connectivity index (χ0) is 34.3. The van der Waals surface area contributed by atoms with Crippen LogP contribution in [0.15, 0.2) is 102 Å². The van der Waals surface area contributed by atoms with Crippen molar-refractivity contribution in [3.63, 3.8) is 0 Å². The van der Waals surface area contributed by atoms with E-state index in [2.05, 4.69) is 5.32 Å². The summed E-state index contributed by atoms with van der Waals surface area (Å²) < 4.78 is 54.8. The molecule has 2 atom stereocenters. The number of rotatable bonds is 13. The first-order chi connectivity index (χ1) is 23.0. The first kappa shape index (κ1) is 34.4. The van der Waals surface area contributed by atoms with Gasteiger partial charge in [0.25, 0.3) is 10.0 Å². The maximum atomic E-state index is 14.6. The fourth-order valence-electron chi connectivity index (χ4n) is 5.45. The highest BCUT2D eigenvalue weighted by Crippen LogP contribution is 2.34. The van der Waals surface area contributed by atoms with E-state index < -0.39 is 34.3 Å². The van der Waals surface area contributed by atoms with E-state index in [1.54, 1.807) is 0 Å². The monoisotopic (exact) mass is 673 g/mol. The van der Waals surface area contributed by atoms with Gasteiger partial charge in [0.1, 0.15) is 31.6 Å². The topological polar surface area (TPSA) is 105 Å². The average molecular weight is 674 g/mol. The second-order valence-corrected chi connectivity index (χ2v) is 13.7. The van der Waals surface area contributed by atoms with Crippen LogP contribution in [0.4, 0.5) is 10.1 Å². The van der Waals surface area contributed by atoms with Crippen LogP contribution in [0.2, 0.25) is 0 Å². The van der Waals surface area contributed by atoms with E-state index >= 15 is 0 Å². The minimum Gasteiger partial charge on any atom is -0.486 e. The largest absolute Gasteiger partial charge is 0.486 e. The third kappa shape index (κ3) is 8.32. The Hall–Kier alpha value is -4.90. The van der Waals surface area contributed by atoms with E-state index in [4.69, 9.17) is 9.47 Å². The van der Waals surface area contributed by atoms with Gasteiger partial charge in [0.05, 0.1) is 10.6 Å². The molecule has 0 saturated heterocycles. The van der Waals surface area contributed by atoms with Crippen LogP contribution in [0, 0.1) is 12.7 Å². The fraction of sp³-hybridized carbons (Fsp3) is 0.297. The summed E-state index contributed by atoms with van der Waals surface area (Å²) in [6.45, 7) is 5.76. The van der Waals surface area contributed by atoms with Gasteiger partial charge < -0.3 is 19.7 Å². The molecule has 5 rings (SSSR count). The van der Waals surface area contributed by atoms with Gasteiger partial charge in [-0.05, 0) is 67.8 Å². The van der Waals surface area contributed by atoms with Gasteiger partial charge in [0.15, 0.2) is 11.5 Å². The summed E-state index contributed by atoms with van der Waals surface area (Å²) in [5.41, 5.74) is 2.67. The maximum absolute atomic E-state index is 14.6. The second-order valence-electron chi connectivity index (χ2n) is 11.8. The number of aryl methyl sites for hydroxylation is 1. The molecule has 0 fully saturated rings. The van der Waals surface area contributed by atoms with Crippen LogP contribution >= 0.6 is 0 Å². The summed E-state index contributed by atoms with van der Waals surface area (Å²) in [5, 5.41) is 3.03. The Kier molecular flexibility index (Phi) is 11.0. The number of amides is 2. The van der Waals surface area contributed by atoms with Crippen LogP contribution < -0.4 is 19.1 Å². The van der Waals surface area contributed by atoms with Gasteiger partial charge in [-0.15, -0.1) is 0 Å². The van der Waals surface area contributed by atoms with Crippen molar-refractivity contribution in [2.45, 2.75) is 57.1 Å². The first-order valence-corrected chi connectivity index (χ1v) is 17.4. The summed E-state index contributed by atoms with van der Waals surface area (Å²) in [5.74, 6) is -0.852. The molecule has 4 aromatic rings. The van der Waals surface area contributed by atoms with Crippen molar-refractivity contribution in [1.29, 1.82) is 0 Å². The zero-order valence-electron chi connectivity index (χ0n) is 27.3. The highest BCUT2D eigenvalue weighted by Gasteiger charge is 2.35. The van der Waals surface area contributed by atoms with Gasteiger partial charge in [-0.25, -0.2) is 12.8 Å². The van der Waals surface area contributed by atoms with Crippen molar-refractivity contribution < 1.29 is 31.9 Å². The number of carbonyl (C=O) groups is 2. The van der Waals surface area contributed by atoms with Crippen LogP contribution in [0.3, 0.4) is 0 Å². The van der Waals surface area contributed by atoms with Gasteiger partial charge in [-0.2, -0.15) is 0 Å². The van der Waals surface area contributed by atoms with Crippen molar-refractivity contribution in [3.8, 4) is 11.5 Å². The van der Waals surface area contributed by atoms with Gasteiger partial charge in [0.2, 0.25) is 11.8 Å². The van der Waals surface area contributed by atoms with Crippen molar-refractivity contribution in [1.82, 2.24) is 10.2 Å². The molecule has 2 unspecified atom stereocenters. The van der Waals surface area contributed by atoms with E-state index in [1.165, 1.54) is 35.2 Å². The lowest BCUT2D eigenvalue weighted by atomic mass is 10.0. The molecular weight excluding hydrogens is 633 g/mol. The molecule has 252 valence electrons. The Morgan fingerprint density at radius 3 is 2.25 bits per heavy atom. The minimum atomic E-state index is -4.41.